The maximum Gasteiger partial charge on any atom is 0.308 e. The predicted octanol–water partition coefficient (Wildman–Crippen LogP) is 5.72. The number of ether oxygens (including phenoxy) is 2. The van der Waals surface area contributed by atoms with Gasteiger partial charge in [-0.1, -0.05) is 30.0 Å². The fraction of sp³-hybridized carbons (Fsp3) is 0.267. The number of nitrogens with zero attached hydrogens (tertiary/aromatic N) is 2. The van der Waals surface area contributed by atoms with Crippen molar-refractivity contribution in [2.24, 2.45) is 5.10 Å². The maximum atomic E-state index is 14.6. The van der Waals surface area contributed by atoms with Gasteiger partial charge in [0.15, 0.2) is 6.61 Å². The molecule has 2 amide bonds. The van der Waals surface area contributed by atoms with Crippen molar-refractivity contribution in [3.05, 3.63) is 101 Å². The Morgan fingerprint density at radius 3 is 2.26 bits per heavy atom. The zero-order valence-corrected chi connectivity index (χ0v) is 24.1. The molecule has 1 atom stereocenters. The molecule has 1 unspecified atom stereocenters. The quantitative estimate of drug-likeness (QED) is 0.244. The topological polar surface area (TPSA) is 97.3 Å². The molecule has 0 saturated heterocycles. The Kier molecular flexibility index (Phi) is 9.74. The number of nitrogens with one attached hydrogen (secondary N) is 1. The molecular formula is C30H27F4N3O5S. The molecule has 1 heterocycles. The highest BCUT2D eigenvalue weighted by Crippen LogP contribution is 2.45. The van der Waals surface area contributed by atoms with Crippen molar-refractivity contribution in [2.45, 2.75) is 38.2 Å². The van der Waals surface area contributed by atoms with Crippen LogP contribution in [0.1, 0.15) is 54.1 Å². The number of amides is 2. The molecule has 1 N–H and O–H groups in total. The number of halogens is 4. The lowest BCUT2D eigenvalue weighted by Crippen LogP contribution is -2.32. The van der Waals surface area contributed by atoms with Gasteiger partial charge in [-0.15, -0.1) is 0 Å². The van der Waals surface area contributed by atoms with Gasteiger partial charge in [0.25, 0.3) is 11.8 Å². The summed E-state index contributed by atoms with van der Waals surface area (Å²) in [4.78, 5) is 37.7. The minimum Gasteiger partial charge on any atom is -0.483 e. The van der Waals surface area contributed by atoms with Gasteiger partial charge in [0.2, 0.25) is 0 Å². The van der Waals surface area contributed by atoms with Gasteiger partial charge in [-0.3, -0.25) is 14.4 Å². The van der Waals surface area contributed by atoms with E-state index < -0.39 is 64.2 Å². The zero-order chi connectivity index (χ0) is 31.3. The van der Waals surface area contributed by atoms with Gasteiger partial charge in [-0.2, -0.15) is 5.10 Å². The number of hydrogen-bond acceptors (Lipinski definition) is 7. The second-order valence-electron chi connectivity index (χ2n) is 10.3. The summed E-state index contributed by atoms with van der Waals surface area (Å²) >= 11 is 1.02. The first-order chi connectivity index (χ1) is 20.3. The maximum absolute atomic E-state index is 14.6. The summed E-state index contributed by atoms with van der Waals surface area (Å²) in [6.07, 6.45) is -0.0462. The number of benzene rings is 3. The largest absolute Gasteiger partial charge is 0.483 e. The second-order valence-corrected chi connectivity index (χ2v) is 11.4. The molecule has 0 bridgehead atoms. The summed E-state index contributed by atoms with van der Waals surface area (Å²) in [6, 6.07) is 12.4. The van der Waals surface area contributed by atoms with Crippen molar-refractivity contribution >= 4 is 34.6 Å². The van der Waals surface area contributed by atoms with Crippen LogP contribution >= 0.6 is 11.8 Å². The molecule has 0 radical (unpaired) electrons. The van der Waals surface area contributed by atoms with E-state index in [1.54, 1.807) is 39.0 Å². The third kappa shape index (κ3) is 8.13. The van der Waals surface area contributed by atoms with Crippen LogP contribution in [0.15, 0.2) is 65.8 Å². The van der Waals surface area contributed by atoms with Crippen LogP contribution in [0.25, 0.3) is 0 Å². The summed E-state index contributed by atoms with van der Waals surface area (Å²) < 4.78 is 67.2. The van der Waals surface area contributed by atoms with Crippen molar-refractivity contribution in [1.82, 2.24) is 10.3 Å². The molecule has 8 nitrogen and oxygen atoms in total. The molecule has 43 heavy (non-hydrogen) atoms. The molecule has 13 heteroatoms. The summed E-state index contributed by atoms with van der Waals surface area (Å²) in [5.41, 5.74) is -0.921. The molecule has 3 aromatic carbocycles. The average molecular weight is 618 g/mol. The summed E-state index contributed by atoms with van der Waals surface area (Å²) in [7, 11) is 0. The molecule has 0 saturated carbocycles. The lowest BCUT2D eigenvalue weighted by Gasteiger charge is -2.23. The Labute approximate surface area is 249 Å². The van der Waals surface area contributed by atoms with E-state index in [9.17, 15) is 31.9 Å². The van der Waals surface area contributed by atoms with Crippen LogP contribution in [-0.4, -0.2) is 46.6 Å². The van der Waals surface area contributed by atoms with Crippen LogP contribution in [0.5, 0.6) is 5.75 Å². The fourth-order valence-corrected chi connectivity index (χ4v) is 5.15. The molecule has 1 aliphatic rings. The van der Waals surface area contributed by atoms with Crippen LogP contribution in [0.3, 0.4) is 0 Å². The molecule has 0 fully saturated rings. The van der Waals surface area contributed by atoms with E-state index in [0.717, 1.165) is 16.8 Å². The first-order valence-electron chi connectivity index (χ1n) is 13.0. The monoisotopic (exact) mass is 617 g/mol. The minimum atomic E-state index is -1.41. The number of para-hydroxylation sites is 1. The van der Waals surface area contributed by atoms with Gasteiger partial charge in [-0.05, 0) is 51.1 Å². The van der Waals surface area contributed by atoms with Gasteiger partial charge >= 0.3 is 5.97 Å². The first-order valence-corrected chi connectivity index (χ1v) is 13.9. The van der Waals surface area contributed by atoms with E-state index in [2.05, 4.69) is 10.4 Å². The third-order valence-electron chi connectivity index (χ3n) is 5.78. The molecule has 4 rings (SSSR count). The van der Waals surface area contributed by atoms with Crippen molar-refractivity contribution in [2.75, 3.05) is 13.2 Å². The minimum absolute atomic E-state index is 0.0170. The first kappa shape index (κ1) is 31.5. The molecule has 226 valence electrons. The van der Waals surface area contributed by atoms with Crippen molar-refractivity contribution in [1.29, 1.82) is 0 Å². The number of thioether (sulfide) groups is 1. The molecule has 0 aliphatic carbocycles. The smallest absolute Gasteiger partial charge is 0.308 e. The Balaban J connectivity index is 1.55. The number of esters is 1. The molecular weight excluding hydrogens is 590 g/mol. The Bertz CT molecular complexity index is 1540. The number of hydrazone groups is 1. The van der Waals surface area contributed by atoms with Gasteiger partial charge in [0.1, 0.15) is 50.6 Å². The fourth-order valence-electron chi connectivity index (χ4n) is 3.96. The highest BCUT2D eigenvalue weighted by atomic mass is 32.2. The highest BCUT2D eigenvalue weighted by Gasteiger charge is 2.38. The van der Waals surface area contributed by atoms with E-state index in [-0.39, 0.29) is 23.8 Å². The molecule has 0 spiro atoms. The van der Waals surface area contributed by atoms with Gasteiger partial charge in [0, 0.05) is 29.8 Å². The summed E-state index contributed by atoms with van der Waals surface area (Å²) in [5.74, 6) is -6.58. The van der Waals surface area contributed by atoms with Gasteiger partial charge in [0.05, 0.1) is 6.42 Å². The second kappa shape index (κ2) is 13.3. The van der Waals surface area contributed by atoms with E-state index >= 15 is 0 Å². The molecule has 1 aliphatic heterocycles. The Hall–Kier alpha value is -4.39. The lowest BCUT2D eigenvalue weighted by molar-refractivity contribution is -0.154. The normalized spacial score (nSPS) is 14.7. The Morgan fingerprint density at radius 2 is 1.60 bits per heavy atom. The number of hydrogen-bond donors (Lipinski definition) is 1. The third-order valence-corrected chi connectivity index (χ3v) is 7.00. The lowest BCUT2D eigenvalue weighted by atomic mass is 10.1. The van der Waals surface area contributed by atoms with Crippen LogP contribution in [0.2, 0.25) is 0 Å². The SMILES string of the molecule is CC(C)(C)OC(=O)CCNC(=O)COc1ccccc1C1SC(c2ccc(F)cc2)=NN1C(=O)c1c(F)cc(F)cc1F. The summed E-state index contributed by atoms with van der Waals surface area (Å²) in [6.45, 7) is 4.75. The van der Waals surface area contributed by atoms with Crippen LogP contribution in [-0.2, 0) is 14.3 Å². The van der Waals surface area contributed by atoms with Crippen molar-refractivity contribution in [3.63, 3.8) is 0 Å². The van der Waals surface area contributed by atoms with Crippen LogP contribution in [0, 0.1) is 23.3 Å². The number of carbonyl (C=O) groups is 3. The van der Waals surface area contributed by atoms with E-state index in [4.69, 9.17) is 9.47 Å². The van der Waals surface area contributed by atoms with E-state index in [1.165, 1.54) is 30.3 Å². The molecule has 0 aromatic heterocycles. The number of carbonyl (C=O) groups excluding carboxylic acids is 3. The number of rotatable bonds is 9. The van der Waals surface area contributed by atoms with Crippen molar-refractivity contribution < 1.29 is 41.4 Å². The van der Waals surface area contributed by atoms with Crippen LogP contribution < -0.4 is 10.1 Å². The Morgan fingerprint density at radius 1 is 0.953 bits per heavy atom. The highest BCUT2D eigenvalue weighted by molar-refractivity contribution is 8.14. The summed E-state index contributed by atoms with van der Waals surface area (Å²) in [5, 5.41) is 6.85. The van der Waals surface area contributed by atoms with Crippen molar-refractivity contribution in [3.8, 4) is 5.75 Å². The standard InChI is InChI=1S/C30H27F4N3O5S/c1-30(2,3)42-25(39)12-13-35-24(38)16-41-23-7-5-4-6-20(23)29-37(28(40)26-21(33)14-19(32)15-22(26)34)36-27(43-29)17-8-10-18(31)11-9-17/h4-11,14-15,29H,12-13,16H2,1-3H3,(H,35,38). The zero-order valence-electron chi connectivity index (χ0n) is 23.3. The van der Waals surface area contributed by atoms with Gasteiger partial charge < -0.3 is 14.8 Å². The predicted molar refractivity (Wildman–Crippen MR) is 151 cm³/mol. The van der Waals surface area contributed by atoms with E-state index in [1.807, 2.05) is 0 Å². The average Bonchev–Trinajstić information content (AvgIpc) is 3.36. The van der Waals surface area contributed by atoms with E-state index in [0.29, 0.717) is 23.3 Å². The molecule has 3 aromatic rings. The van der Waals surface area contributed by atoms with Crippen LogP contribution in [0.4, 0.5) is 17.6 Å². The van der Waals surface area contributed by atoms with Gasteiger partial charge in [-0.25, -0.2) is 22.6 Å².